The Morgan fingerprint density at radius 3 is 2.60 bits per heavy atom. The zero-order chi connectivity index (χ0) is 14.3. The molecule has 1 aromatic rings. The van der Waals surface area contributed by atoms with E-state index in [0.717, 1.165) is 51.3 Å². The van der Waals surface area contributed by atoms with Gasteiger partial charge in [0.25, 0.3) is 0 Å². The SMILES string of the molecule is CCNC(=NCC1(O)CCCC1)NCCn1cccc1. The highest BCUT2D eigenvalue weighted by molar-refractivity contribution is 5.79. The maximum atomic E-state index is 10.3. The fourth-order valence-electron chi connectivity index (χ4n) is 2.58. The van der Waals surface area contributed by atoms with E-state index in [0.29, 0.717) is 6.54 Å². The summed E-state index contributed by atoms with van der Waals surface area (Å²) in [5.41, 5.74) is -0.581. The molecule has 2 rings (SSSR count). The molecule has 0 bridgehead atoms. The number of guanidine groups is 1. The fraction of sp³-hybridized carbons (Fsp3) is 0.667. The predicted octanol–water partition coefficient (Wildman–Crippen LogP) is 1.35. The molecule has 1 heterocycles. The minimum Gasteiger partial charge on any atom is -0.388 e. The monoisotopic (exact) mass is 278 g/mol. The second-order valence-electron chi connectivity index (χ2n) is 5.47. The molecule has 0 unspecified atom stereocenters. The van der Waals surface area contributed by atoms with E-state index in [9.17, 15) is 5.11 Å². The first-order chi connectivity index (χ1) is 9.72. The van der Waals surface area contributed by atoms with Crippen molar-refractivity contribution in [3.63, 3.8) is 0 Å². The summed E-state index contributed by atoms with van der Waals surface area (Å²) in [6.45, 7) is 5.09. The molecule has 1 aromatic heterocycles. The van der Waals surface area contributed by atoms with Gasteiger partial charge in [-0.05, 0) is 31.9 Å². The van der Waals surface area contributed by atoms with Gasteiger partial charge in [-0.15, -0.1) is 0 Å². The summed E-state index contributed by atoms with van der Waals surface area (Å²) in [5.74, 6) is 0.792. The molecule has 0 radical (unpaired) electrons. The van der Waals surface area contributed by atoms with E-state index in [-0.39, 0.29) is 0 Å². The van der Waals surface area contributed by atoms with Crippen molar-refractivity contribution in [2.75, 3.05) is 19.6 Å². The molecule has 0 amide bonds. The van der Waals surface area contributed by atoms with Gasteiger partial charge in [0.2, 0.25) is 0 Å². The molecule has 1 aliphatic rings. The van der Waals surface area contributed by atoms with E-state index in [1.807, 2.05) is 31.5 Å². The predicted molar refractivity (Wildman–Crippen MR) is 81.8 cm³/mol. The van der Waals surface area contributed by atoms with Gasteiger partial charge in [0.15, 0.2) is 5.96 Å². The maximum Gasteiger partial charge on any atom is 0.191 e. The summed E-state index contributed by atoms with van der Waals surface area (Å²) < 4.78 is 2.13. The minimum atomic E-state index is -0.581. The normalized spacial score (nSPS) is 18.2. The average molecular weight is 278 g/mol. The lowest BCUT2D eigenvalue weighted by Crippen LogP contribution is -2.40. The van der Waals surface area contributed by atoms with Crippen molar-refractivity contribution < 1.29 is 5.11 Å². The van der Waals surface area contributed by atoms with Gasteiger partial charge >= 0.3 is 0 Å². The third kappa shape index (κ3) is 4.56. The molecule has 0 atom stereocenters. The van der Waals surface area contributed by atoms with Gasteiger partial charge in [0, 0.05) is 32.0 Å². The molecule has 0 saturated heterocycles. The standard InChI is InChI=1S/C15H26N4O/c1-2-16-14(17-9-12-19-10-5-6-11-19)18-13-15(20)7-3-4-8-15/h5-6,10-11,20H,2-4,7-9,12-13H2,1H3,(H2,16,17,18). The Bertz CT molecular complexity index is 408. The van der Waals surface area contributed by atoms with Gasteiger partial charge in [0.1, 0.15) is 0 Å². The Hall–Kier alpha value is -1.49. The van der Waals surface area contributed by atoms with Crippen LogP contribution < -0.4 is 10.6 Å². The molecule has 0 aliphatic heterocycles. The number of hydrogen-bond acceptors (Lipinski definition) is 2. The second kappa shape index (κ2) is 7.33. The van der Waals surface area contributed by atoms with Crippen LogP contribution in [-0.2, 0) is 6.54 Å². The molecule has 0 spiro atoms. The van der Waals surface area contributed by atoms with Crippen LogP contribution >= 0.6 is 0 Å². The van der Waals surface area contributed by atoms with Gasteiger partial charge in [-0.1, -0.05) is 12.8 Å². The number of aliphatic hydroxyl groups is 1. The molecule has 112 valence electrons. The van der Waals surface area contributed by atoms with Crippen LogP contribution in [0.15, 0.2) is 29.5 Å². The van der Waals surface area contributed by atoms with Crippen molar-refractivity contribution in [1.29, 1.82) is 0 Å². The Labute approximate surface area is 121 Å². The number of hydrogen-bond donors (Lipinski definition) is 3. The molecule has 1 saturated carbocycles. The molecular formula is C15H26N4O. The summed E-state index contributed by atoms with van der Waals surface area (Å²) in [7, 11) is 0. The van der Waals surface area contributed by atoms with Gasteiger partial charge in [-0.3, -0.25) is 4.99 Å². The van der Waals surface area contributed by atoms with Crippen molar-refractivity contribution in [2.45, 2.75) is 44.8 Å². The van der Waals surface area contributed by atoms with Crippen LogP contribution in [0.2, 0.25) is 0 Å². The van der Waals surface area contributed by atoms with Crippen molar-refractivity contribution in [3.05, 3.63) is 24.5 Å². The van der Waals surface area contributed by atoms with Crippen LogP contribution in [-0.4, -0.2) is 40.9 Å². The van der Waals surface area contributed by atoms with Crippen molar-refractivity contribution in [3.8, 4) is 0 Å². The topological polar surface area (TPSA) is 61.6 Å². The van der Waals surface area contributed by atoms with Gasteiger partial charge < -0.3 is 20.3 Å². The molecule has 20 heavy (non-hydrogen) atoms. The zero-order valence-corrected chi connectivity index (χ0v) is 12.3. The lowest BCUT2D eigenvalue weighted by Gasteiger charge is -2.20. The van der Waals surface area contributed by atoms with Crippen LogP contribution in [0, 0.1) is 0 Å². The molecule has 0 aromatic carbocycles. The van der Waals surface area contributed by atoms with Gasteiger partial charge in [0.05, 0.1) is 12.1 Å². The van der Waals surface area contributed by atoms with Crippen LogP contribution in [0.4, 0.5) is 0 Å². The van der Waals surface area contributed by atoms with Crippen molar-refractivity contribution in [1.82, 2.24) is 15.2 Å². The highest BCUT2D eigenvalue weighted by atomic mass is 16.3. The molecule has 1 fully saturated rings. The van der Waals surface area contributed by atoms with E-state index in [4.69, 9.17) is 0 Å². The molecular weight excluding hydrogens is 252 g/mol. The lowest BCUT2D eigenvalue weighted by molar-refractivity contribution is 0.0574. The Balaban J connectivity index is 1.79. The van der Waals surface area contributed by atoms with Crippen LogP contribution in [0.5, 0.6) is 0 Å². The number of aromatic nitrogens is 1. The van der Waals surface area contributed by atoms with Crippen LogP contribution in [0.3, 0.4) is 0 Å². The number of nitrogens with one attached hydrogen (secondary N) is 2. The Morgan fingerprint density at radius 1 is 1.25 bits per heavy atom. The van der Waals surface area contributed by atoms with Gasteiger partial charge in [-0.2, -0.15) is 0 Å². The van der Waals surface area contributed by atoms with E-state index in [1.54, 1.807) is 0 Å². The van der Waals surface area contributed by atoms with E-state index >= 15 is 0 Å². The second-order valence-corrected chi connectivity index (χ2v) is 5.47. The summed E-state index contributed by atoms with van der Waals surface area (Å²) in [4.78, 5) is 4.52. The fourth-order valence-corrected chi connectivity index (χ4v) is 2.58. The minimum absolute atomic E-state index is 0.492. The maximum absolute atomic E-state index is 10.3. The largest absolute Gasteiger partial charge is 0.388 e. The number of rotatable bonds is 6. The van der Waals surface area contributed by atoms with Crippen molar-refractivity contribution >= 4 is 5.96 Å². The highest BCUT2D eigenvalue weighted by Crippen LogP contribution is 2.29. The molecule has 3 N–H and O–H groups in total. The zero-order valence-electron chi connectivity index (χ0n) is 12.3. The quantitative estimate of drug-likeness (QED) is 0.544. The van der Waals surface area contributed by atoms with E-state index < -0.39 is 5.60 Å². The first-order valence-corrected chi connectivity index (χ1v) is 7.57. The molecule has 1 aliphatic carbocycles. The van der Waals surface area contributed by atoms with Crippen LogP contribution in [0.25, 0.3) is 0 Å². The third-order valence-electron chi connectivity index (χ3n) is 3.74. The Kier molecular flexibility index (Phi) is 5.47. The summed E-state index contributed by atoms with van der Waals surface area (Å²) >= 11 is 0. The first kappa shape index (κ1) is 14.9. The summed E-state index contributed by atoms with van der Waals surface area (Å²) in [5, 5.41) is 16.8. The lowest BCUT2D eigenvalue weighted by atomic mass is 10.0. The van der Waals surface area contributed by atoms with E-state index in [1.165, 1.54) is 0 Å². The summed E-state index contributed by atoms with van der Waals surface area (Å²) in [6, 6.07) is 4.05. The molecule has 5 nitrogen and oxygen atoms in total. The highest BCUT2D eigenvalue weighted by Gasteiger charge is 2.30. The average Bonchev–Trinajstić information content (AvgIpc) is 3.08. The Morgan fingerprint density at radius 2 is 1.95 bits per heavy atom. The summed E-state index contributed by atoms with van der Waals surface area (Å²) in [6.07, 6.45) is 8.08. The number of aliphatic imine (C=N–C) groups is 1. The number of nitrogens with zero attached hydrogens (tertiary/aromatic N) is 2. The third-order valence-corrected chi connectivity index (χ3v) is 3.74. The van der Waals surface area contributed by atoms with Gasteiger partial charge in [-0.25, -0.2) is 0 Å². The van der Waals surface area contributed by atoms with Crippen molar-refractivity contribution in [2.24, 2.45) is 4.99 Å². The first-order valence-electron chi connectivity index (χ1n) is 7.57. The van der Waals surface area contributed by atoms with Crippen LogP contribution in [0.1, 0.15) is 32.6 Å². The molecule has 5 heteroatoms. The van der Waals surface area contributed by atoms with E-state index in [2.05, 4.69) is 20.2 Å². The smallest absolute Gasteiger partial charge is 0.191 e.